The molecule has 1 aliphatic rings. The summed E-state index contributed by atoms with van der Waals surface area (Å²) in [4.78, 5) is 17.7. The molecule has 138 valence electrons. The number of nitrogens with zero attached hydrogens (tertiary/aromatic N) is 5. The van der Waals surface area contributed by atoms with Gasteiger partial charge in [-0.05, 0) is 32.9 Å². The minimum absolute atomic E-state index is 0.261. The van der Waals surface area contributed by atoms with Crippen LogP contribution in [0.5, 0.6) is 0 Å². The Morgan fingerprint density at radius 3 is 2.52 bits per heavy atom. The van der Waals surface area contributed by atoms with E-state index in [-0.39, 0.29) is 5.91 Å². The first-order chi connectivity index (χ1) is 13.0. The second-order valence-corrected chi connectivity index (χ2v) is 6.23. The van der Waals surface area contributed by atoms with Crippen molar-refractivity contribution in [2.75, 3.05) is 12.4 Å². The molecule has 0 atom stereocenters. The van der Waals surface area contributed by atoms with Crippen LogP contribution < -0.4 is 5.32 Å². The van der Waals surface area contributed by atoms with Crippen LogP contribution in [0.15, 0.2) is 35.3 Å². The third kappa shape index (κ3) is 2.61. The Balaban J connectivity index is 2.03. The molecule has 1 N–H and O–H groups in total. The highest BCUT2D eigenvalue weighted by molar-refractivity contribution is 6.14. The number of anilines is 1. The van der Waals surface area contributed by atoms with E-state index in [4.69, 9.17) is 9.73 Å². The lowest BCUT2D eigenvalue weighted by molar-refractivity contribution is 0.102. The molecule has 0 aliphatic carbocycles. The number of aromatic nitrogens is 4. The first-order valence-electron chi connectivity index (χ1n) is 8.72. The van der Waals surface area contributed by atoms with Crippen LogP contribution in [0.25, 0.3) is 5.69 Å². The lowest BCUT2D eigenvalue weighted by Gasteiger charge is -2.15. The number of carbonyl (C=O) groups is 1. The predicted octanol–water partition coefficient (Wildman–Crippen LogP) is 3.00. The van der Waals surface area contributed by atoms with Gasteiger partial charge in [0.15, 0.2) is 5.82 Å². The average Bonchev–Trinajstić information content (AvgIpc) is 3.15. The van der Waals surface area contributed by atoms with Gasteiger partial charge < -0.3 is 10.1 Å². The molecular weight excluding hydrogens is 344 g/mol. The van der Waals surface area contributed by atoms with E-state index in [1.807, 2.05) is 44.2 Å². The van der Waals surface area contributed by atoms with E-state index in [9.17, 15) is 4.79 Å². The van der Waals surface area contributed by atoms with Gasteiger partial charge in [0.25, 0.3) is 5.91 Å². The standard InChI is InChI=1S/C19H20N6O2/c1-5-24-16-15(12(3)22-24)20-18(26)14-11(2)23-25(13-9-7-6-8-10-13)17(14)21-19(16)27-4/h6-10H,5H2,1-4H3,(H,20,26). The van der Waals surface area contributed by atoms with Crippen molar-refractivity contribution in [1.29, 1.82) is 0 Å². The first kappa shape index (κ1) is 17.0. The summed E-state index contributed by atoms with van der Waals surface area (Å²) < 4.78 is 9.03. The van der Waals surface area contributed by atoms with Crippen LogP contribution in [0.4, 0.5) is 11.5 Å². The normalized spacial score (nSPS) is 15.1. The Kier molecular flexibility index (Phi) is 4.02. The van der Waals surface area contributed by atoms with Crippen LogP contribution in [0, 0.1) is 13.8 Å². The largest absolute Gasteiger partial charge is 0.479 e. The van der Waals surface area contributed by atoms with Crippen LogP contribution in [-0.4, -0.2) is 38.5 Å². The SMILES string of the molecule is CCn1nc(C)c2c1/C(OC)=N\c1c(c(C)nn1-c1ccccc1)C(=O)N2. The molecule has 8 nitrogen and oxygen atoms in total. The third-order valence-corrected chi connectivity index (χ3v) is 4.53. The minimum atomic E-state index is -0.261. The first-order valence-corrected chi connectivity index (χ1v) is 8.72. The Bertz CT molecular complexity index is 1060. The van der Waals surface area contributed by atoms with Crippen LogP contribution in [0.3, 0.4) is 0 Å². The van der Waals surface area contributed by atoms with Crippen molar-refractivity contribution < 1.29 is 9.53 Å². The van der Waals surface area contributed by atoms with Crippen LogP contribution >= 0.6 is 0 Å². The Hall–Kier alpha value is -3.42. The number of hydrogen-bond acceptors (Lipinski definition) is 5. The number of benzene rings is 1. The predicted molar refractivity (Wildman–Crippen MR) is 102 cm³/mol. The second-order valence-electron chi connectivity index (χ2n) is 6.23. The highest BCUT2D eigenvalue weighted by Crippen LogP contribution is 2.32. The van der Waals surface area contributed by atoms with E-state index in [0.717, 1.165) is 5.69 Å². The number of aliphatic imine (C=N–C) groups is 1. The van der Waals surface area contributed by atoms with Gasteiger partial charge in [-0.15, -0.1) is 0 Å². The Morgan fingerprint density at radius 2 is 1.85 bits per heavy atom. The van der Waals surface area contributed by atoms with E-state index in [1.54, 1.807) is 23.4 Å². The Morgan fingerprint density at radius 1 is 1.11 bits per heavy atom. The number of aryl methyl sites for hydroxylation is 3. The van der Waals surface area contributed by atoms with Gasteiger partial charge in [0, 0.05) is 6.54 Å². The quantitative estimate of drug-likeness (QED) is 0.757. The summed E-state index contributed by atoms with van der Waals surface area (Å²) in [5.41, 5.74) is 3.79. The van der Waals surface area contributed by atoms with E-state index in [2.05, 4.69) is 15.5 Å². The zero-order chi connectivity index (χ0) is 19.1. The molecule has 4 rings (SSSR count). The highest BCUT2D eigenvalue weighted by atomic mass is 16.5. The van der Waals surface area contributed by atoms with Gasteiger partial charge >= 0.3 is 0 Å². The van der Waals surface area contributed by atoms with Crippen molar-refractivity contribution in [3.8, 4) is 5.69 Å². The molecule has 0 unspecified atom stereocenters. The molecule has 27 heavy (non-hydrogen) atoms. The second kappa shape index (κ2) is 6.39. The average molecular weight is 364 g/mol. The number of carbonyl (C=O) groups excluding carboxylic acids is 1. The molecule has 1 aromatic carbocycles. The van der Waals surface area contributed by atoms with Gasteiger partial charge in [-0.3, -0.25) is 9.48 Å². The summed E-state index contributed by atoms with van der Waals surface area (Å²) in [5, 5.41) is 12.0. The van der Waals surface area contributed by atoms with Crippen LogP contribution in [-0.2, 0) is 11.3 Å². The summed E-state index contributed by atoms with van der Waals surface area (Å²) >= 11 is 0. The maximum absolute atomic E-state index is 13.0. The van der Waals surface area contributed by atoms with Crippen LogP contribution in [0.1, 0.15) is 34.4 Å². The zero-order valence-electron chi connectivity index (χ0n) is 15.6. The molecular formula is C19H20N6O2. The summed E-state index contributed by atoms with van der Waals surface area (Å²) in [5.74, 6) is 0.551. The van der Waals surface area contributed by atoms with Crippen molar-refractivity contribution in [2.45, 2.75) is 27.3 Å². The van der Waals surface area contributed by atoms with E-state index < -0.39 is 0 Å². The molecule has 0 fully saturated rings. The Labute approximate surface area is 156 Å². The van der Waals surface area contributed by atoms with Crippen LogP contribution in [0.2, 0.25) is 0 Å². The molecule has 0 radical (unpaired) electrons. The molecule has 0 spiro atoms. The van der Waals surface area contributed by atoms with Crippen molar-refractivity contribution >= 4 is 23.3 Å². The molecule has 1 amide bonds. The lowest BCUT2D eigenvalue weighted by Crippen LogP contribution is -2.21. The van der Waals surface area contributed by atoms with Gasteiger partial charge in [0.1, 0.15) is 11.3 Å². The molecule has 0 saturated carbocycles. The summed E-state index contributed by atoms with van der Waals surface area (Å²) in [6, 6.07) is 9.58. The number of amides is 1. The van der Waals surface area contributed by atoms with E-state index in [0.29, 0.717) is 46.6 Å². The van der Waals surface area contributed by atoms with Crippen molar-refractivity contribution in [3.63, 3.8) is 0 Å². The van der Waals surface area contributed by atoms with E-state index >= 15 is 0 Å². The van der Waals surface area contributed by atoms with Gasteiger partial charge in [-0.25, -0.2) is 4.68 Å². The maximum Gasteiger partial charge on any atom is 0.261 e. The van der Waals surface area contributed by atoms with Crippen molar-refractivity contribution in [3.05, 3.63) is 53.0 Å². The zero-order valence-corrected chi connectivity index (χ0v) is 15.6. The molecule has 0 bridgehead atoms. The smallest absolute Gasteiger partial charge is 0.261 e. The number of ether oxygens (including phenoxy) is 1. The fourth-order valence-corrected chi connectivity index (χ4v) is 3.28. The third-order valence-electron chi connectivity index (χ3n) is 4.53. The van der Waals surface area contributed by atoms with Gasteiger partial charge in [-0.1, -0.05) is 18.2 Å². The number of rotatable bonds is 2. The number of methoxy groups -OCH3 is 1. The summed E-state index contributed by atoms with van der Waals surface area (Å²) in [7, 11) is 1.56. The van der Waals surface area contributed by atoms with Gasteiger partial charge in [0.05, 0.1) is 29.9 Å². The lowest BCUT2D eigenvalue weighted by atomic mass is 10.2. The maximum atomic E-state index is 13.0. The number of hydrogen-bond donors (Lipinski definition) is 1. The minimum Gasteiger partial charge on any atom is -0.479 e. The highest BCUT2D eigenvalue weighted by Gasteiger charge is 2.30. The molecule has 0 saturated heterocycles. The number of para-hydroxylation sites is 1. The van der Waals surface area contributed by atoms with Gasteiger partial charge in [0.2, 0.25) is 5.90 Å². The fraction of sp³-hybridized carbons (Fsp3) is 0.263. The fourth-order valence-electron chi connectivity index (χ4n) is 3.28. The topological polar surface area (TPSA) is 86.3 Å². The number of nitrogens with one attached hydrogen (secondary N) is 1. The molecule has 1 aliphatic heterocycles. The summed E-state index contributed by atoms with van der Waals surface area (Å²) in [6.45, 7) is 6.24. The van der Waals surface area contributed by atoms with Gasteiger partial charge in [-0.2, -0.15) is 15.2 Å². The summed E-state index contributed by atoms with van der Waals surface area (Å²) in [6.07, 6.45) is 0. The van der Waals surface area contributed by atoms with Crippen molar-refractivity contribution in [2.24, 2.45) is 4.99 Å². The van der Waals surface area contributed by atoms with E-state index in [1.165, 1.54) is 0 Å². The molecule has 3 heterocycles. The molecule has 3 aromatic rings. The number of fused-ring (bicyclic) bond motifs is 2. The molecule has 2 aromatic heterocycles. The van der Waals surface area contributed by atoms with Crippen molar-refractivity contribution in [1.82, 2.24) is 19.6 Å². The monoisotopic (exact) mass is 364 g/mol. The molecule has 8 heteroatoms.